The van der Waals surface area contributed by atoms with Gasteiger partial charge in [-0.15, -0.1) is 11.3 Å². The summed E-state index contributed by atoms with van der Waals surface area (Å²) in [5.74, 6) is 0.0923. The zero-order valence-corrected chi connectivity index (χ0v) is 21.0. The Labute approximate surface area is 205 Å². The molecule has 0 radical (unpaired) electrons. The molecule has 0 spiro atoms. The monoisotopic (exact) mass is 486 g/mol. The highest BCUT2D eigenvalue weighted by molar-refractivity contribution is 7.17. The summed E-state index contributed by atoms with van der Waals surface area (Å²) in [7, 11) is 0. The lowest BCUT2D eigenvalue weighted by atomic mass is 9.84. The summed E-state index contributed by atoms with van der Waals surface area (Å²) in [4.78, 5) is 35.3. The first-order chi connectivity index (χ1) is 16.4. The van der Waals surface area contributed by atoms with Crippen LogP contribution in [-0.2, 0) is 4.79 Å². The molecule has 8 heteroatoms. The number of piperidine rings is 1. The highest BCUT2D eigenvalue weighted by atomic mass is 32.1. The summed E-state index contributed by atoms with van der Waals surface area (Å²) >= 11 is 1.36. The highest BCUT2D eigenvalue weighted by Gasteiger charge is 2.31. The second-order valence-electron chi connectivity index (χ2n) is 9.55. The van der Waals surface area contributed by atoms with Gasteiger partial charge in [0.2, 0.25) is 5.91 Å². The smallest absolute Gasteiger partial charge is 0.265 e. The molecule has 2 amide bonds. The highest BCUT2D eigenvalue weighted by Crippen LogP contribution is 2.31. The van der Waals surface area contributed by atoms with E-state index < -0.39 is 0 Å². The Hall–Kier alpha value is -2.32. The molecule has 184 valence electrons. The number of carbonyl (C=O) groups excluding carboxylic acids is 2. The zero-order valence-electron chi connectivity index (χ0n) is 20.2. The maximum absolute atomic E-state index is 13.2. The van der Waals surface area contributed by atoms with E-state index in [0.717, 1.165) is 42.9 Å². The Balaban J connectivity index is 1.24. The van der Waals surface area contributed by atoms with Crippen molar-refractivity contribution < 1.29 is 14.0 Å². The van der Waals surface area contributed by atoms with Gasteiger partial charge in [-0.25, -0.2) is 9.37 Å². The van der Waals surface area contributed by atoms with Crippen molar-refractivity contribution in [2.24, 2.45) is 11.8 Å². The van der Waals surface area contributed by atoms with Crippen molar-refractivity contribution in [2.75, 3.05) is 39.3 Å². The van der Waals surface area contributed by atoms with Crippen LogP contribution in [-0.4, -0.2) is 65.9 Å². The number of aryl methyl sites for hydroxylation is 1. The van der Waals surface area contributed by atoms with Crippen LogP contribution >= 0.6 is 11.3 Å². The number of halogens is 1. The average molecular weight is 487 g/mol. The molecule has 4 rings (SSSR count). The Kier molecular flexibility index (Phi) is 8.32. The van der Waals surface area contributed by atoms with Gasteiger partial charge < -0.3 is 15.1 Å². The number of likely N-dealkylation sites (tertiary alicyclic amines) is 2. The molecule has 0 aliphatic carbocycles. The molecular weight excluding hydrogens is 451 g/mol. The molecule has 2 aliphatic heterocycles. The summed E-state index contributed by atoms with van der Waals surface area (Å²) < 4.78 is 13.2. The van der Waals surface area contributed by atoms with Crippen molar-refractivity contribution in [1.82, 2.24) is 20.1 Å². The van der Waals surface area contributed by atoms with Crippen molar-refractivity contribution in [1.29, 1.82) is 0 Å². The van der Waals surface area contributed by atoms with Gasteiger partial charge >= 0.3 is 0 Å². The van der Waals surface area contributed by atoms with Crippen LogP contribution in [0, 0.1) is 24.6 Å². The minimum absolute atomic E-state index is 0.000768. The number of amides is 2. The number of nitrogens with one attached hydrogen (secondary N) is 1. The molecule has 1 N–H and O–H groups in total. The maximum atomic E-state index is 13.2. The SMILES string of the molecule is Cc1nc(-c2ccc(F)cc2)sc1C(=O)N1CCC([C@H](C)C(=O)NCCCN2CCCC2)CC1. The van der Waals surface area contributed by atoms with Gasteiger partial charge in [-0.2, -0.15) is 0 Å². The van der Waals surface area contributed by atoms with E-state index in [9.17, 15) is 14.0 Å². The van der Waals surface area contributed by atoms with E-state index >= 15 is 0 Å². The van der Waals surface area contributed by atoms with Crippen molar-refractivity contribution >= 4 is 23.2 Å². The fourth-order valence-electron chi connectivity index (χ4n) is 4.95. The quantitative estimate of drug-likeness (QED) is 0.564. The molecule has 0 saturated carbocycles. The first-order valence-electron chi connectivity index (χ1n) is 12.4. The molecule has 0 bridgehead atoms. The van der Waals surface area contributed by atoms with E-state index in [0.29, 0.717) is 29.6 Å². The van der Waals surface area contributed by atoms with Crippen molar-refractivity contribution in [3.8, 4) is 10.6 Å². The maximum Gasteiger partial charge on any atom is 0.265 e. The van der Waals surface area contributed by atoms with Crippen molar-refractivity contribution in [2.45, 2.75) is 46.0 Å². The van der Waals surface area contributed by atoms with Crippen LogP contribution in [0.15, 0.2) is 24.3 Å². The Morgan fingerprint density at radius 3 is 2.50 bits per heavy atom. The second-order valence-corrected chi connectivity index (χ2v) is 10.6. The molecule has 1 aromatic heterocycles. The molecule has 2 aliphatic rings. The van der Waals surface area contributed by atoms with Crippen LogP contribution < -0.4 is 5.32 Å². The van der Waals surface area contributed by atoms with Crippen LogP contribution in [0.2, 0.25) is 0 Å². The van der Waals surface area contributed by atoms with E-state index in [1.807, 2.05) is 18.7 Å². The predicted octanol–water partition coefficient (Wildman–Crippen LogP) is 4.35. The molecule has 34 heavy (non-hydrogen) atoms. The lowest BCUT2D eigenvalue weighted by Gasteiger charge is -2.34. The molecule has 2 aromatic rings. The first-order valence-corrected chi connectivity index (χ1v) is 13.3. The molecule has 1 atom stereocenters. The fourth-order valence-corrected chi connectivity index (χ4v) is 5.99. The second kappa shape index (κ2) is 11.4. The van der Waals surface area contributed by atoms with Gasteiger partial charge in [-0.1, -0.05) is 6.92 Å². The molecule has 0 unspecified atom stereocenters. The summed E-state index contributed by atoms with van der Waals surface area (Å²) in [6.45, 7) is 9.35. The van der Waals surface area contributed by atoms with E-state index in [2.05, 4.69) is 15.2 Å². The van der Waals surface area contributed by atoms with Gasteiger partial charge in [0.25, 0.3) is 5.91 Å². The number of hydrogen-bond acceptors (Lipinski definition) is 5. The fraction of sp³-hybridized carbons (Fsp3) is 0.577. The van der Waals surface area contributed by atoms with Crippen LogP contribution in [0.5, 0.6) is 0 Å². The van der Waals surface area contributed by atoms with Gasteiger partial charge in [0.1, 0.15) is 15.7 Å². The first kappa shape index (κ1) is 24.8. The number of thiazole rings is 1. The van der Waals surface area contributed by atoms with Crippen LogP contribution in [0.1, 0.15) is 54.4 Å². The Bertz CT molecular complexity index is 979. The molecule has 6 nitrogen and oxygen atoms in total. The Morgan fingerprint density at radius 2 is 1.82 bits per heavy atom. The topological polar surface area (TPSA) is 65.5 Å². The van der Waals surface area contributed by atoms with Crippen LogP contribution in [0.3, 0.4) is 0 Å². The minimum atomic E-state index is -0.291. The largest absolute Gasteiger partial charge is 0.356 e. The summed E-state index contributed by atoms with van der Waals surface area (Å²) in [5.41, 5.74) is 1.52. The van der Waals surface area contributed by atoms with Crippen LogP contribution in [0.4, 0.5) is 4.39 Å². The summed E-state index contributed by atoms with van der Waals surface area (Å²) in [6.07, 6.45) is 5.25. The number of benzene rings is 1. The minimum Gasteiger partial charge on any atom is -0.356 e. The third-order valence-electron chi connectivity index (χ3n) is 7.18. The molecular formula is C26H35FN4O2S. The number of hydrogen-bond donors (Lipinski definition) is 1. The molecule has 2 fully saturated rings. The molecule has 1 aromatic carbocycles. The Morgan fingerprint density at radius 1 is 1.15 bits per heavy atom. The lowest BCUT2D eigenvalue weighted by molar-refractivity contribution is -0.126. The van der Waals surface area contributed by atoms with Gasteiger partial charge in [-0.3, -0.25) is 9.59 Å². The van der Waals surface area contributed by atoms with Gasteiger partial charge in [0.05, 0.1) is 5.69 Å². The van der Waals surface area contributed by atoms with Crippen molar-refractivity contribution in [3.05, 3.63) is 40.7 Å². The van der Waals surface area contributed by atoms with Gasteiger partial charge in [0.15, 0.2) is 0 Å². The molecule has 3 heterocycles. The summed E-state index contributed by atoms with van der Waals surface area (Å²) in [6, 6.07) is 6.19. The third-order valence-corrected chi connectivity index (χ3v) is 8.37. The normalized spacial score (nSPS) is 18.3. The zero-order chi connectivity index (χ0) is 24.1. The van der Waals surface area contributed by atoms with Gasteiger partial charge in [-0.05, 0) is 88.8 Å². The molecule has 2 saturated heterocycles. The van der Waals surface area contributed by atoms with Crippen LogP contribution in [0.25, 0.3) is 10.6 Å². The summed E-state index contributed by atoms with van der Waals surface area (Å²) in [5, 5.41) is 3.84. The number of nitrogens with zero attached hydrogens (tertiary/aromatic N) is 3. The predicted molar refractivity (Wildman–Crippen MR) is 133 cm³/mol. The lowest BCUT2D eigenvalue weighted by Crippen LogP contribution is -2.43. The number of rotatable bonds is 8. The number of aromatic nitrogens is 1. The van der Waals surface area contributed by atoms with E-state index in [-0.39, 0.29) is 23.5 Å². The van der Waals surface area contributed by atoms with E-state index in [1.165, 1.54) is 49.4 Å². The van der Waals surface area contributed by atoms with E-state index in [4.69, 9.17) is 0 Å². The third kappa shape index (κ3) is 6.02. The van der Waals surface area contributed by atoms with Gasteiger partial charge in [0, 0.05) is 31.1 Å². The average Bonchev–Trinajstić information content (AvgIpc) is 3.51. The van der Waals surface area contributed by atoms with E-state index in [1.54, 1.807) is 12.1 Å². The standard InChI is InChI=1S/C26H35FN4O2S/c1-18(24(32)28-12-5-15-30-13-3-4-14-30)20-10-16-31(17-11-20)26(33)23-19(2)29-25(34-23)21-6-8-22(27)9-7-21/h6-9,18,20H,3-5,10-17H2,1-2H3,(H,28,32)/t18-/m0/s1. The number of carbonyl (C=O) groups is 2. The van der Waals surface area contributed by atoms with Crippen molar-refractivity contribution in [3.63, 3.8) is 0 Å².